The van der Waals surface area contributed by atoms with Crippen LogP contribution in [0.1, 0.15) is 75.0 Å². The number of nitrogens with one attached hydrogen (secondary N) is 3. The topological polar surface area (TPSA) is 179 Å². The number of amides is 3. The average molecular weight is 686 g/mol. The molecular formula is C39H47N3O8. The molecular weight excluding hydrogens is 638 g/mol. The molecule has 0 fully saturated rings. The highest BCUT2D eigenvalue weighted by Crippen LogP contribution is 2.21. The first-order valence-corrected chi connectivity index (χ1v) is 17.0. The number of urea groups is 1. The molecule has 0 saturated heterocycles. The Hall–Kier alpha value is -5.32. The van der Waals surface area contributed by atoms with Crippen LogP contribution in [0.2, 0.25) is 0 Å². The molecule has 3 atom stereocenters. The van der Waals surface area contributed by atoms with Crippen molar-refractivity contribution in [1.82, 2.24) is 5.32 Å². The van der Waals surface area contributed by atoms with Gasteiger partial charge in [0.05, 0.1) is 12.0 Å². The summed E-state index contributed by atoms with van der Waals surface area (Å²) in [7, 11) is 0. The van der Waals surface area contributed by atoms with E-state index in [4.69, 9.17) is 5.11 Å². The molecule has 0 spiro atoms. The third-order valence-corrected chi connectivity index (χ3v) is 8.53. The average Bonchev–Trinajstić information content (AvgIpc) is 3.08. The minimum absolute atomic E-state index is 0.0624. The number of carboxylic acids is 2. The largest absolute Gasteiger partial charge is 0.481 e. The maximum atomic E-state index is 13.7. The molecule has 0 saturated carbocycles. The van der Waals surface area contributed by atoms with Gasteiger partial charge in [0.2, 0.25) is 5.91 Å². The van der Waals surface area contributed by atoms with Crippen molar-refractivity contribution in [2.45, 2.75) is 84.1 Å². The molecule has 0 aliphatic carbocycles. The molecule has 3 aromatic rings. The van der Waals surface area contributed by atoms with Gasteiger partial charge in [-0.2, -0.15) is 0 Å². The molecule has 50 heavy (non-hydrogen) atoms. The van der Waals surface area contributed by atoms with Gasteiger partial charge in [0.25, 0.3) is 0 Å². The number of aryl methyl sites for hydroxylation is 2. The number of Topliss-reactive ketones (excluding diaryl/α,β-unsaturated/α-hetero) is 2. The second-order valence-corrected chi connectivity index (χ2v) is 12.6. The lowest BCUT2D eigenvalue weighted by molar-refractivity contribution is -0.145. The molecule has 11 heteroatoms. The van der Waals surface area contributed by atoms with Crippen LogP contribution in [-0.4, -0.2) is 51.7 Å². The number of carbonyl (C=O) groups is 6. The lowest BCUT2D eigenvalue weighted by Gasteiger charge is -2.23. The second-order valence-electron chi connectivity index (χ2n) is 12.6. The van der Waals surface area contributed by atoms with E-state index in [0.29, 0.717) is 42.6 Å². The summed E-state index contributed by atoms with van der Waals surface area (Å²) in [6, 6.07) is 22.5. The van der Waals surface area contributed by atoms with Gasteiger partial charge in [-0.3, -0.25) is 24.0 Å². The van der Waals surface area contributed by atoms with Crippen LogP contribution >= 0.6 is 0 Å². The Labute approximate surface area is 292 Å². The lowest BCUT2D eigenvalue weighted by atomic mass is 9.90. The molecule has 0 unspecified atom stereocenters. The first-order valence-electron chi connectivity index (χ1n) is 17.0. The van der Waals surface area contributed by atoms with E-state index in [1.54, 1.807) is 30.3 Å². The minimum Gasteiger partial charge on any atom is -0.481 e. The molecule has 3 rings (SSSR count). The monoisotopic (exact) mass is 685 g/mol. The maximum absolute atomic E-state index is 13.7. The summed E-state index contributed by atoms with van der Waals surface area (Å²) >= 11 is 0. The van der Waals surface area contributed by atoms with E-state index < -0.39 is 54.0 Å². The predicted octanol–water partition coefficient (Wildman–Crippen LogP) is 6.59. The Morgan fingerprint density at radius 3 is 2.04 bits per heavy atom. The zero-order chi connectivity index (χ0) is 36.5. The van der Waals surface area contributed by atoms with Gasteiger partial charge >= 0.3 is 18.0 Å². The number of unbranched alkanes of at least 4 members (excludes halogenated alkanes) is 1. The third-order valence-electron chi connectivity index (χ3n) is 8.53. The highest BCUT2D eigenvalue weighted by atomic mass is 16.4. The number of hydrogen-bond donors (Lipinski definition) is 5. The number of hydrogen-bond acceptors (Lipinski definition) is 6. The van der Waals surface area contributed by atoms with E-state index in [9.17, 15) is 33.9 Å². The Morgan fingerprint density at radius 2 is 1.40 bits per heavy atom. The van der Waals surface area contributed by atoms with Crippen LogP contribution in [0.5, 0.6) is 0 Å². The fraction of sp³-hybridized carbons (Fsp3) is 0.385. The highest BCUT2D eigenvalue weighted by molar-refractivity contribution is 6.00. The first kappa shape index (κ1) is 39.1. The molecule has 0 radical (unpaired) electrons. The van der Waals surface area contributed by atoms with Crippen LogP contribution in [0.3, 0.4) is 0 Å². The molecule has 11 nitrogen and oxygen atoms in total. The molecule has 0 aliphatic heterocycles. The van der Waals surface area contributed by atoms with Gasteiger partial charge in [-0.25, -0.2) is 4.79 Å². The van der Waals surface area contributed by atoms with E-state index in [1.807, 2.05) is 62.4 Å². The van der Waals surface area contributed by atoms with Crippen molar-refractivity contribution < 1.29 is 39.0 Å². The number of carbonyl (C=O) groups excluding carboxylic acids is 4. The van der Waals surface area contributed by atoms with E-state index in [2.05, 4.69) is 16.0 Å². The molecule has 0 heterocycles. The summed E-state index contributed by atoms with van der Waals surface area (Å²) in [5, 5.41) is 27.0. The van der Waals surface area contributed by atoms with Crippen LogP contribution in [0.15, 0.2) is 78.9 Å². The fourth-order valence-corrected chi connectivity index (χ4v) is 5.60. The van der Waals surface area contributed by atoms with Gasteiger partial charge in [0, 0.05) is 43.0 Å². The molecule has 3 amide bonds. The number of rotatable bonds is 21. The van der Waals surface area contributed by atoms with Gasteiger partial charge in [-0.15, -0.1) is 0 Å². The summed E-state index contributed by atoms with van der Waals surface area (Å²) in [5.41, 5.74) is 3.87. The molecule has 0 aliphatic rings. The Morgan fingerprint density at radius 1 is 0.720 bits per heavy atom. The van der Waals surface area contributed by atoms with Crippen molar-refractivity contribution in [2.75, 3.05) is 10.6 Å². The number of aliphatic carboxylic acids is 2. The normalized spacial score (nSPS) is 12.6. The SMILES string of the molecule is CCCC[C@H](NC(=O)[C@H](CCc1ccccc1)CC(=O)Cc1ccc(NC(=O)Nc2ccccc2C)cc1)C(=O)C[C@@H](CCC(=O)O)C(=O)O. The fourth-order valence-electron chi connectivity index (χ4n) is 5.60. The van der Waals surface area contributed by atoms with Crippen molar-refractivity contribution in [3.05, 3.63) is 95.6 Å². The Bertz CT molecular complexity index is 1610. The van der Waals surface area contributed by atoms with Crippen molar-refractivity contribution in [3.63, 3.8) is 0 Å². The van der Waals surface area contributed by atoms with Crippen LogP contribution in [-0.2, 0) is 36.8 Å². The quantitative estimate of drug-likeness (QED) is 0.0833. The molecule has 266 valence electrons. The van der Waals surface area contributed by atoms with E-state index in [-0.39, 0.29) is 31.5 Å². The van der Waals surface area contributed by atoms with Crippen molar-refractivity contribution >= 4 is 46.8 Å². The van der Waals surface area contributed by atoms with Crippen LogP contribution in [0, 0.1) is 18.8 Å². The van der Waals surface area contributed by atoms with E-state index in [1.165, 1.54) is 0 Å². The summed E-state index contributed by atoms with van der Waals surface area (Å²) < 4.78 is 0. The Balaban J connectivity index is 1.67. The summed E-state index contributed by atoms with van der Waals surface area (Å²) in [6.45, 7) is 3.83. The summed E-state index contributed by atoms with van der Waals surface area (Å²) in [6.07, 6.45) is 1.54. The number of benzene rings is 3. The summed E-state index contributed by atoms with van der Waals surface area (Å²) in [4.78, 5) is 75.6. The van der Waals surface area contributed by atoms with Gasteiger partial charge < -0.3 is 26.2 Å². The van der Waals surface area contributed by atoms with Crippen molar-refractivity contribution in [2.24, 2.45) is 11.8 Å². The zero-order valence-electron chi connectivity index (χ0n) is 28.7. The first-order chi connectivity index (χ1) is 23.9. The highest BCUT2D eigenvalue weighted by Gasteiger charge is 2.30. The van der Waals surface area contributed by atoms with Crippen LogP contribution in [0.25, 0.3) is 0 Å². The zero-order valence-corrected chi connectivity index (χ0v) is 28.7. The molecule has 5 N–H and O–H groups in total. The minimum atomic E-state index is -1.26. The van der Waals surface area contributed by atoms with Gasteiger partial charge in [-0.1, -0.05) is 80.4 Å². The van der Waals surface area contributed by atoms with Gasteiger partial charge in [-0.05, 0) is 67.5 Å². The molecule has 3 aromatic carbocycles. The smallest absolute Gasteiger partial charge is 0.323 e. The number of carboxylic acid groups (broad SMARTS) is 2. The van der Waals surface area contributed by atoms with Crippen LogP contribution < -0.4 is 16.0 Å². The predicted molar refractivity (Wildman–Crippen MR) is 191 cm³/mol. The maximum Gasteiger partial charge on any atom is 0.323 e. The van der Waals surface area contributed by atoms with Crippen LogP contribution in [0.4, 0.5) is 16.2 Å². The standard InChI is InChI=1S/C39H47N3O8/c1-3-4-13-34(35(44)25-30(38(48)49)19-22-36(45)46)41-37(47)29(18-15-27-11-6-5-7-12-27)24-32(43)23-28-16-20-31(21-17-28)40-39(50)42-33-14-9-8-10-26(33)2/h5-12,14,16-17,20-21,29-30,34H,3-4,13,15,18-19,22-25H2,1-2H3,(H,41,47)(H,45,46)(H,48,49)(H2,40,42,50)/t29-,30-,34+/m1/s1. The second kappa shape index (κ2) is 20.3. The number of para-hydroxylation sites is 1. The van der Waals surface area contributed by atoms with Gasteiger partial charge in [0.1, 0.15) is 5.78 Å². The number of ketones is 2. The third kappa shape index (κ3) is 13.7. The van der Waals surface area contributed by atoms with Crippen molar-refractivity contribution in [1.29, 1.82) is 0 Å². The van der Waals surface area contributed by atoms with Crippen molar-refractivity contribution in [3.8, 4) is 0 Å². The molecule has 0 aromatic heterocycles. The van der Waals surface area contributed by atoms with Gasteiger partial charge in [0.15, 0.2) is 5.78 Å². The summed E-state index contributed by atoms with van der Waals surface area (Å²) in [5.74, 6) is -5.45. The number of anilines is 2. The van der Waals surface area contributed by atoms with E-state index >= 15 is 0 Å². The Kier molecular flexibility index (Phi) is 15.8. The lowest BCUT2D eigenvalue weighted by Crippen LogP contribution is -2.45. The molecule has 0 bridgehead atoms. The van der Waals surface area contributed by atoms with E-state index in [0.717, 1.165) is 17.5 Å².